The average Bonchev–Trinajstić information content (AvgIpc) is 3.04. The first kappa shape index (κ1) is 18.3. The summed E-state index contributed by atoms with van der Waals surface area (Å²) in [5.74, 6) is 7.46. The standard InChI is InChI=1S/C24H28N2/c1-3-5-13-21(4-2)22-15-17-24-25-18-23(26(24)19-22)16-14-20-11-9-7-6-8-10-12-20/h3-5,13,15,17-20H,2,6-12H2,1H3/b5-3-,21-13+. The molecule has 0 unspecified atom stereocenters. The molecular formula is C24H28N2. The molecule has 2 nitrogen and oxygen atoms in total. The van der Waals surface area contributed by atoms with Crippen molar-refractivity contribution < 1.29 is 0 Å². The van der Waals surface area contributed by atoms with Crippen molar-refractivity contribution in [3.8, 4) is 11.8 Å². The van der Waals surface area contributed by atoms with Crippen LogP contribution in [0.2, 0.25) is 0 Å². The van der Waals surface area contributed by atoms with Gasteiger partial charge in [0.15, 0.2) is 0 Å². The Labute approximate surface area is 157 Å². The topological polar surface area (TPSA) is 17.3 Å². The predicted molar refractivity (Wildman–Crippen MR) is 111 cm³/mol. The van der Waals surface area contributed by atoms with Crippen molar-refractivity contribution in [2.24, 2.45) is 5.92 Å². The Balaban J connectivity index is 1.89. The number of imidazole rings is 1. The first-order chi connectivity index (χ1) is 12.8. The maximum atomic E-state index is 4.51. The highest BCUT2D eigenvalue weighted by atomic mass is 15.0. The molecule has 2 heteroatoms. The Morgan fingerprint density at radius 1 is 1.19 bits per heavy atom. The molecule has 0 spiro atoms. The fourth-order valence-electron chi connectivity index (χ4n) is 3.50. The predicted octanol–water partition coefficient (Wildman–Crippen LogP) is 6.19. The molecule has 0 bridgehead atoms. The number of fused-ring (bicyclic) bond motifs is 1. The van der Waals surface area contributed by atoms with Crippen LogP contribution >= 0.6 is 0 Å². The summed E-state index contributed by atoms with van der Waals surface area (Å²) in [6.07, 6.45) is 21.2. The van der Waals surface area contributed by atoms with Crippen molar-refractivity contribution in [1.82, 2.24) is 9.38 Å². The Bertz CT molecular complexity index is 862. The van der Waals surface area contributed by atoms with Crippen LogP contribution in [0.3, 0.4) is 0 Å². The van der Waals surface area contributed by atoms with Crippen molar-refractivity contribution in [3.05, 3.63) is 66.7 Å². The smallest absolute Gasteiger partial charge is 0.137 e. The van der Waals surface area contributed by atoms with Gasteiger partial charge in [0.05, 0.1) is 6.20 Å². The Morgan fingerprint density at radius 3 is 2.69 bits per heavy atom. The van der Waals surface area contributed by atoms with E-state index in [0.717, 1.165) is 22.5 Å². The quantitative estimate of drug-likeness (QED) is 0.479. The van der Waals surface area contributed by atoms with Crippen molar-refractivity contribution in [2.45, 2.75) is 51.9 Å². The molecular weight excluding hydrogens is 316 g/mol. The Kier molecular flexibility index (Phi) is 6.50. The first-order valence-electron chi connectivity index (χ1n) is 9.76. The molecule has 2 aromatic rings. The monoisotopic (exact) mass is 344 g/mol. The van der Waals surface area contributed by atoms with E-state index in [4.69, 9.17) is 0 Å². The van der Waals surface area contributed by atoms with Crippen LogP contribution in [0.5, 0.6) is 0 Å². The average molecular weight is 345 g/mol. The molecule has 1 saturated carbocycles. The van der Waals surface area contributed by atoms with E-state index >= 15 is 0 Å². The summed E-state index contributed by atoms with van der Waals surface area (Å²) < 4.78 is 2.10. The minimum atomic E-state index is 0.530. The molecule has 1 aliphatic carbocycles. The third-order valence-electron chi connectivity index (χ3n) is 5.04. The van der Waals surface area contributed by atoms with Crippen LogP contribution < -0.4 is 0 Å². The SMILES string of the molecule is C=C/C(=C\C=C/C)c1ccc2ncc(C#CC3CCCCCCC3)n2c1. The van der Waals surface area contributed by atoms with Gasteiger partial charge in [0.2, 0.25) is 0 Å². The van der Waals surface area contributed by atoms with Gasteiger partial charge in [-0.15, -0.1) is 0 Å². The zero-order valence-electron chi connectivity index (χ0n) is 15.7. The van der Waals surface area contributed by atoms with Gasteiger partial charge in [0, 0.05) is 12.1 Å². The van der Waals surface area contributed by atoms with E-state index in [9.17, 15) is 0 Å². The van der Waals surface area contributed by atoms with Gasteiger partial charge in [-0.05, 0) is 49.0 Å². The highest BCUT2D eigenvalue weighted by molar-refractivity contribution is 5.75. The molecule has 0 aromatic carbocycles. The van der Waals surface area contributed by atoms with Crippen LogP contribution in [-0.2, 0) is 0 Å². The molecule has 0 aliphatic heterocycles. The lowest BCUT2D eigenvalue weighted by atomic mass is 9.91. The molecule has 3 rings (SSSR count). The van der Waals surface area contributed by atoms with Gasteiger partial charge >= 0.3 is 0 Å². The van der Waals surface area contributed by atoms with Crippen molar-refractivity contribution in [2.75, 3.05) is 0 Å². The lowest BCUT2D eigenvalue weighted by molar-refractivity contribution is 0.444. The molecule has 2 heterocycles. The molecule has 0 saturated heterocycles. The Morgan fingerprint density at radius 2 is 1.96 bits per heavy atom. The summed E-state index contributed by atoms with van der Waals surface area (Å²) in [5.41, 5.74) is 4.12. The molecule has 26 heavy (non-hydrogen) atoms. The van der Waals surface area contributed by atoms with Gasteiger partial charge < -0.3 is 0 Å². The zero-order chi connectivity index (χ0) is 18.2. The molecule has 0 amide bonds. The van der Waals surface area contributed by atoms with Crippen LogP contribution in [0, 0.1) is 17.8 Å². The number of pyridine rings is 1. The number of rotatable bonds is 3. The molecule has 134 valence electrons. The lowest BCUT2D eigenvalue weighted by Gasteiger charge is -2.13. The minimum Gasteiger partial charge on any atom is -0.292 e. The van der Waals surface area contributed by atoms with E-state index in [1.807, 2.05) is 37.4 Å². The molecule has 1 aliphatic rings. The molecule has 0 N–H and O–H groups in total. The molecule has 0 atom stereocenters. The third-order valence-corrected chi connectivity index (χ3v) is 5.04. The second kappa shape index (κ2) is 9.25. The van der Waals surface area contributed by atoms with E-state index < -0.39 is 0 Å². The number of aromatic nitrogens is 2. The number of allylic oxidation sites excluding steroid dienone is 5. The van der Waals surface area contributed by atoms with Crippen molar-refractivity contribution >= 4 is 11.2 Å². The minimum absolute atomic E-state index is 0.530. The fourth-order valence-corrected chi connectivity index (χ4v) is 3.50. The van der Waals surface area contributed by atoms with E-state index in [0.29, 0.717) is 5.92 Å². The largest absolute Gasteiger partial charge is 0.292 e. The van der Waals surface area contributed by atoms with Gasteiger partial charge in [-0.25, -0.2) is 4.98 Å². The molecule has 0 radical (unpaired) electrons. The first-order valence-corrected chi connectivity index (χ1v) is 9.76. The summed E-state index contributed by atoms with van der Waals surface area (Å²) in [6.45, 7) is 5.95. The second-order valence-corrected chi connectivity index (χ2v) is 6.95. The number of hydrogen-bond donors (Lipinski definition) is 0. The van der Waals surface area contributed by atoms with E-state index in [2.05, 4.69) is 46.1 Å². The normalized spacial score (nSPS) is 16.9. The number of hydrogen-bond acceptors (Lipinski definition) is 1. The molecule has 1 fully saturated rings. The van der Waals surface area contributed by atoms with Gasteiger partial charge in [-0.2, -0.15) is 0 Å². The van der Waals surface area contributed by atoms with Crippen LogP contribution in [-0.4, -0.2) is 9.38 Å². The fraction of sp³-hybridized carbons (Fsp3) is 0.375. The van der Waals surface area contributed by atoms with Gasteiger partial charge in [-0.3, -0.25) is 4.40 Å². The van der Waals surface area contributed by atoms with Crippen LogP contribution in [0.25, 0.3) is 11.2 Å². The summed E-state index contributed by atoms with van der Waals surface area (Å²) >= 11 is 0. The number of nitrogens with zero attached hydrogens (tertiary/aromatic N) is 2. The maximum absolute atomic E-state index is 4.51. The maximum Gasteiger partial charge on any atom is 0.137 e. The van der Waals surface area contributed by atoms with E-state index in [1.165, 1.54) is 44.9 Å². The molecule has 2 aromatic heterocycles. The van der Waals surface area contributed by atoms with Gasteiger partial charge in [0.1, 0.15) is 11.3 Å². The van der Waals surface area contributed by atoms with Crippen LogP contribution in [0.4, 0.5) is 0 Å². The lowest BCUT2D eigenvalue weighted by Crippen LogP contribution is -2.01. The van der Waals surface area contributed by atoms with Gasteiger partial charge in [0.25, 0.3) is 0 Å². The summed E-state index contributed by atoms with van der Waals surface area (Å²) in [7, 11) is 0. The third kappa shape index (κ3) is 4.55. The highest BCUT2D eigenvalue weighted by Crippen LogP contribution is 2.22. The Hall–Kier alpha value is -2.53. The summed E-state index contributed by atoms with van der Waals surface area (Å²) in [6, 6.07) is 4.13. The van der Waals surface area contributed by atoms with Crippen LogP contribution in [0.15, 0.2) is 55.4 Å². The van der Waals surface area contributed by atoms with E-state index in [-0.39, 0.29) is 0 Å². The van der Waals surface area contributed by atoms with E-state index in [1.54, 1.807) is 0 Å². The highest BCUT2D eigenvalue weighted by Gasteiger charge is 2.09. The van der Waals surface area contributed by atoms with Crippen molar-refractivity contribution in [3.63, 3.8) is 0 Å². The summed E-state index contributed by atoms with van der Waals surface area (Å²) in [5, 5.41) is 0. The zero-order valence-corrected chi connectivity index (χ0v) is 15.7. The second-order valence-electron chi connectivity index (χ2n) is 6.95. The van der Waals surface area contributed by atoms with Crippen molar-refractivity contribution in [1.29, 1.82) is 0 Å². The summed E-state index contributed by atoms with van der Waals surface area (Å²) in [4.78, 5) is 4.51. The van der Waals surface area contributed by atoms with Crippen LogP contribution in [0.1, 0.15) is 63.1 Å². The van der Waals surface area contributed by atoms with Gasteiger partial charge in [-0.1, -0.05) is 68.9 Å².